The second-order valence-electron chi connectivity index (χ2n) is 14.2. The highest BCUT2D eigenvalue weighted by molar-refractivity contribution is 6.13. The van der Waals surface area contributed by atoms with E-state index in [9.17, 15) is 39.3 Å². The summed E-state index contributed by atoms with van der Waals surface area (Å²) >= 11 is 0. The number of aliphatic hydroxyl groups excluding tert-OH is 2. The first kappa shape index (κ1) is 30.7. The number of hydrogen-bond acceptors (Lipinski definition) is 9. The van der Waals surface area contributed by atoms with Crippen LogP contribution in [0.15, 0.2) is 11.1 Å². The maximum absolute atomic E-state index is 14.2. The predicted molar refractivity (Wildman–Crippen MR) is 144 cm³/mol. The molecule has 4 rings (SSSR count). The highest BCUT2D eigenvalue weighted by Crippen LogP contribution is 2.71. The molecule has 3 N–H and O–H groups in total. The van der Waals surface area contributed by atoms with Gasteiger partial charge in [-0.05, 0) is 31.6 Å². The SMILES string of the molecule is COC(=O)[C@@H](C)CC(=O)C[C@@](C)(O)[C@H]1C[C@H](O)[C@@]2(C)C3=C(C(=O)[C@@H](O)[C@]12C)[C@@]1(C)CCC(=O)C(C)(C)[C@@H]1CC3=O. The number of Topliss-reactive ketones (excluding diaryl/α,β-unsaturated/α-hetero) is 4. The fourth-order valence-corrected chi connectivity index (χ4v) is 9.17. The van der Waals surface area contributed by atoms with Gasteiger partial charge in [0.05, 0.1) is 24.7 Å². The van der Waals surface area contributed by atoms with E-state index in [1.165, 1.54) is 14.0 Å². The minimum atomic E-state index is -1.76. The van der Waals surface area contributed by atoms with E-state index in [0.29, 0.717) is 6.42 Å². The summed E-state index contributed by atoms with van der Waals surface area (Å²) < 4.78 is 4.69. The average molecular weight is 561 g/mol. The Morgan fingerprint density at radius 2 is 1.68 bits per heavy atom. The van der Waals surface area contributed by atoms with E-state index in [-0.39, 0.29) is 54.8 Å². The number of methoxy groups -OCH3 is 1. The molecule has 0 aromatic carbocycles. The van der Waals surface area contributed by atoms with Crippen LogP contribution in [0.3, 0.4) is 0 Å². The second-order valence-corrected chi connectivity index (χ2v) is 14.2. The van der Waals surface area contributed by atoms with Gasteiger partial charge in [0.1, 0.15) is 17.7 Å². The molecule has 0 saturated heterocycles. The van der Waals surface area contributed by atoms with Crippen molar-refractivity contribution in [2.45, 2.75) is 105 Å². The van der Waals surface area contributed by atoms with E-state index in [1.54, 1.807) is 20.8 Å². The van der Waals surface area contributed by atoms with Crippen LogP contribution in [-0.2, 0) is 28.7 Å². The summed E-state index contributed by atoms with van der Waals surface area (Å²) in [5, 5.41) is 35.1. The molecule has 222 valence electrons. The first-order valence-corrected chi connectivity index (χ1v) is 14.3. The summed E-state index contributed by atoms with van der Waals surface area (Å²) in [5.41, 5.74) is -5.89. The number of esters is 1. The number of fused-ring (bicyclic) bond motifs is 4. The molecule has 40 heavy (non-hydrogen) atoms. The molecule has 9 heteroatoms. The average Bonchev–Trinajstić information content (AvgIpc) is 3.08. The van der Waals surface area contributed by atoms with Gasteiger partial charge in [-0.3, -0.25) is 24.0 Å². The molecule has 0 bridgehead atoms. The second kappa shape index (κ2) is 9.39. The Hall–Kier alpha value is -2.23. The number of carbonyl (C=O) groups is 5. The first-order chi connectivity index (χ1) is 18.2. The minimum Gasteiger partial charge on any atom is -0.469 e. The Morgan fingerprint density at radius 3 is 2.25 bits per heavy atom. The maximum Gasteiger partial charge on any atom is 0.308 e. The molecule has 4 aliphatic carbocycles. The zero-order chi connectivity index (χ0) is 30.4. The molecule has 0 amide bonds. The van der Waals surface area contributed by atoms with Crippen molar-refractivity contribution in [3.05, 3.63) is 11.1 Å². The zero-order valence-corrected chi connectivity index (χ0v) is 24.9. The molecule has 0 aliphatic heterocycles. The van der Waals surface area contributed by atoms with E-state index in [4.69, 9.17) is 4.74 Å². The largest absolute Gasteiger partial charge is 0.469 e. The molecule has 0 unspecified atom stereocenters. The number of aliphatic hydroxyl groups is 3. The van der Waals surface area contributed by atoms with E-state index >= 15 is 0 Å². The Kier molecular flexibility index (Phi) is 7.21. The Bertz CT molecular complexity index is 1210. The van der Waals surface area contributed by atoms with Gasteiger partial charge in [0.15, 0.2) is 11.6 Å². The molecule has 9 nitrogen and oxygen atoms in total. The standard InChI is InChI=1S/C31H44O9/c1-15(26(38)40-8)11-16(32)14-29(5,39)19-13-21(35)31(7)22-17(33)12-18-27(2,3)20(34)9-10-28(18,4)23(22)24(36)25(37)30(19,31)6/h15,18-19,21,25,35,37,39H,9-14H2,1-8H3/t15-,18-,19+,21-,25+,28-,29+,30-,31-/m0/s1. The molecule has 2 saturated carbocycles. The van der Waals surface area contributed by atoms with Gasteiger partial charge in [0, 0.05) is 58.5 Å². The molecule has 0 heterocycles. The third-order valence-electron chi connectivity index (χ3n) is 11.7. The molecule has 4 aliphatic rings. The van der Waals surface area contributed by atoms with Crippen molar-refractivity contribution in [3.8, 4) is 0 Å². The summed E-state index contributed by atoms with van der Waals surface area (Å²) in [7, 11) is 1.23. The molecule has 0 radical (unpaired) electrons. The van der Waals surface area contributed by atoms with Crippen molar-refractivity contribution in [2.24, 2.45) is 39.4 Å². The molecule has 0 aromatic rings. The topological polar surface area (TPSA) is 155 Å². The summed E-state index contributed by atoms with van der Waals surface area (Å²) in [6.07, 6.45) is -2.76. The third kappa shape index (κ3) is 3.87. The van der Waals surface area contributed by atoms with E-state index in [0.717, 1.165) is 0 Å². The lowest BCUT2D eigenvalue weighted by Gasteiger charge is -2.60. The number of rotatable bonds is 6. The molecule has 9 atom stereocenters. The maximum atomic E-state index is 14.2. The summed E-state index contributed by atoms with van der Waals surface area (Å²) in [6, 6.07) is 0. The van der Waals surface area contributed by atoms with Crippen molar-refractivity contribution in [1.82, 2.24) is 0 Å². The molecule has 0 aromatic heterocycles. The van der Waals surface area contributed by atoms with E-state index in [2.05, 4.69) is 0 Å². The number of carbonyl (C=O) groups excluding carboxylic acids is 5. The zero-order valence-electron chi connectivity index (χ0n) is 24.9. The Balaban J connectivity index is 1.81. The molecular weight excluding hydrogens is 516 g/mol. The lowest BCUT2D eigenvalue weighted by Crippen LogP contribution is -2.65. The fraction of sp³-hybridized carbons (Fsp3) is 0.774. The van der Waals surface area contributed by atoms with Gasteiger partial charge in [0.2, 0.25) is 0 Å². The van der Waals surface area contributed by atoms with Crippen LogP contribution in [0.1, 0.15) is 87.0 Å². The van der Waals surface area contributed by atoms with Gasteiger partial charge < -0.3 is 20.1 Å². The van der Waals surface area contributed by atoms with Crippen LogP contribution in [0.5, 0.6) is 0 Å². The van der Waals surface area contributed by atoms with Crippen LogP contribution in [-0.4, -0.2) is 69.3 Å². The summed E-state index contributed by atoms with van der Waals surface area (Å²) in [6.45, 7) is 11.8. The van der Waals surface area contributed by atoms with E-state index < -0.39 is 74.8 Å². The van der Waals surface area contributed by atoms with Crippen molar-refractivity contribution in [3.63, 3.8) is 0 Å². The van der Waals surface area contributed by atoms with E-state index in [1.807, 2.05) is 20.8 Å². The Morgan fingerprint density at radius 1 is 1.07 bits per heavy atom. The van der Waals surface area contributed by atoms with Crippen molar-refractivity contribution in [2.75, 3.05) is 7.11 Å². The van der Waals surface area contributed by atoms with Gasteiger partial charge in [-0.25, -0.2) is 0 Å². The molecule has 0 spiro atoms. The third-order valence-corrected chi connectivity index (χ3v) is 11.7. The number of ketones is 4. The Labute approximate surface area is 235 Å². The van der Waals surface area contributed by atoms with Crippen LogP contribution < -0.4 is 0 Å². The van der Waals surface area contributed by atoms with Gasteiger partial charge in [-0.15, -0.1) is 0 Å². The van der Waals surface area contributed by atoms with Crippen LogP contribution in [0.2, 0.25) is 0 Å². The smallest absolute Gasteiger partial charge is 0.308 e. The first-order valence-electron chi connectivity index (χ1n) is 14.3. The predicted octanol–water partition coefficient (Wildman–Crippen LogP) is 2.51. The van der Waals surface area contributed by atoms with Gasteiger partial charge in [-0.2, -0.15) is 0 Å². The van der Waals surface area contributed by atoms with Crippen molar-refractivity contribution in [1.29, 1.82) is 0 Å². The lowest BCUT2D eigenvalue weighted by atomic mass is 9.42. The quantitative estimate of drug-likeness (QED) is 0.416. The van der Waals surface area contributed by atoms with Gasteiger partial charge in [-0.1, -0.05) is 41.5 Å². The number of hydrogen-bond donors (Lipinski definition) is 3. The molecular formula is C31H44O9. The van der Waals surface area contributed by atoms with Crippen LogP contribution in [0.25, 0.3) is 0 Å². The molecule has 2 fully saturated rings. The fourth-order valence-electron chi connectivity index (χ4n) is 9.17. The van der Waals surface area contributed by atoms with Crippen molar-refractivity contribution < 1.29 is 44.0 Å². The normalized spacial score (nSPS) is 41.0. The van der Waals surface area contributed by atoms with Gasteiger partial charge in [0.25, 0.3) is 0 Å². The highest BCUT2D eigenvalue weighted by atomic mass is 16.5. The monoisotopic (exact) mass is 560 g/mol. The van der Waals surface area contributed by atoms with Crippen LogP contribution >= 0.6 is 0 Å². The van der Waals surface area contributed by atoms with Gasteiger partial charge >= 0.3 is 5.97 Å². The van der Waals surface area contributed by atoms with Crippen LogP contribution in [0.4, 0.5) is 0 Å². The van der Waals surface area contributed by atoms with Crippen molar-refractivity contribution >= 4 is 29.1 Å². The highest BCUT2D eigenvalue weighted by Gasteiger charge is 2.74. The van der Waals surface area contributed by atoms with Crippen LogP contribution in [0, 0.1) is 39.4 Å². The number of ether oxygens (including phenoxy) is 1. The minimum absolute atomic E-state index is 0.0369. The summed E-state index contributed by atoms with van der Waals surface area (Å²) in [5.74, 6) is -3.90. The lowest BCUT2D eigenvalue weighted by molar-refractivity contribution is -0.168. The summed E-state index contributed by atoms with van der Waals surface area (Å²) in [4.78, 5) is 65.8.